The molecule has 45 heavy (non-hydrogen) atoms. The average Bonchev–Trinajstić information content (AvgIpc) is 2.93. The van der Waals surface area contributed by atoms with Crippen LogP contribution in [0.4, 0.5) is 0 Å². The third-order valence-corrected chi connectivity index (χ3v) is 6.61. The van der Waals surface area contributed by atoms with E-state index in [0.29, 0.717) is 27.2 Å². The number of hydrogen-bond acceptors (Lipinski definition) is 11. The van der Waals surface area contributed by atoms with E-state index in [-0.39, 0.29) is 81.8 Å². The fraction of sp³-hybridized carbons (Fsp3) is 0.667. The number of nitrogens with zero attached hydrogens (tertiary/aromatic N) is 3. The maximum Gasteiger partial charge on any atom is 0.328 e. The van der Waals surface area contributed by atoms with Gasteiger partial charge in [-0.3, -0.25) is 44.4 Å². The Hall–Kier alpha value is -3.57. The van der Waals surface area contributed by atoms with Crippen molar-refractivity contribution in [3.8, 4) is 0 Å². The van der Waals surface area contributed by atoms with Crippen LogP contribution >= 0.6 is 0 Å². The van der Waals surface area contributed by atoms with Crippen molar-refractivity contribution >= 4 is 41.4 Å². The minimum absolute atomic E-state index is 0. The molecule has 17 nitrogen and oxygen atoms in total. The van der Waals surface area contributed by atoms with Gasteiger partial charge in [-0.1, -0.05) is 5.57 Å². The van der Waals surface area contributed by atoms with Crippen LogP contribution in [0.1, 0.15) is 72.6 Å². The summed E-state index contributed by atoms with van der Waals surface area (Å²) in [6, 6.07) is -2.64. The van der Waals surface area contributed by atoms with Gasteiger partial charge in [-0.05, 0) is 45.4 Å². The summed E-state index contributed by atoms with van der Waals surface area (Å²) in [7, 11) is 0. The molecule has 3 atom stereocenters. The van der Waals surface area contributed by atoms with E-state index in [9.17, 15) is 49.2 Å². The Labute approximate surface area is 272 Å². The van der Waals surface area contributed by atoms with Gasteiger partial charge in [0.15, 0.2) is 0 Å². The molecule has 0 unspecified atom stereocenters. The molecule has 0 spiro atoms. The average molecular weight is 685 g/mol. The molecule has 1 aliphatic heterocycles. The zero-order valence-corrected chi connectivity index (χ0v) is 27.0. The van der Waals surface area contributed by atoms with Crippen LogP contribution in [-0.2, 0) is 55.4 Å². The third-order valence-electron chi connectivity index (χ3n) is 6.61. The summed E-state index contributed by atoms with van der Waals surface area (Å²) in [5, 5.41) is 38.1. The fourth-order valence-corrected chi connectivity index (χ4v) is 4.11. The van der Waals surface area contributed by atoms with Crippen molar-refractivity contribution in [1.82, 2.24) is 31.1 Å². The van der Waals surface area contributed by atoms with Crippen molar-refractivity contribution in [2.24, 2.45) is 0 Å². The minimum Gasteiger partial charge on any atom is -0.464 e. The van der Waals surface area contributed by atoms with Gasteiger partial charge in [-0.2, -0.15) is 0 Å². The Morgan fingerprint density at radius 2 is 1.29 bits per heavy atom. The minimum atomic E-state index is -0.987. The summed E-state index contributed by atoms with van der Waals surface area (Å²) in [5.41, 5.74) is 0.493. The van der Waals surface area contributed by atoms with E-state index in [1.165, 1.54) is 20.8 Å². The number of rotatable bonds is 18. The maximum atomic E-state index is 12.4. The number of ether oxygens (including phenoxy) is 1. The molecule has 1 saturated heterocycles. The predicted octanol–water partition coefficient (Wildman–Crippen LogP) is -0.615. The standard InChI is InChI=1S/C27H44N6O11.Fe/c1-17(11-15-44-27(40)23(28-18(2)34)10-7-13-32(42)20(4)36)16-24(37)33(43)14-6-9-22-26(39)29-21(25(38)30-22)8-5-12-31(41)19(3)35;/h16,21-23,41-43H,5-15H2,1-4H3,(H,28,34)(H,29,39)(H,30,38);/b17-16-;/t21-,22-,23-;/m0./s1. The van der Waals surface area contributed by atoms with Crippen molar-refractivity contribution in [2.75, 3.05) is 26.2 Å². The predicted molar refractivity (Wildman–Crippen MR) is 150 cm³/mol. The van der Waals surface area contributed by atoms with Crippen LogP contribution in [0.3, 0.4) is 0 Å². The van der Waals surface area contributed by atoms with Crippen LogP contribution in [0.5, 0.6) is 0 Å². The molecule has 256 valence electrons. The SMILES string of the molecule is CC(=O)N[C@@H](CCCN(O)C(C)=O)C(=O)OCC/C(C)=C\C(=O)N(O)CCC[C@@H]1NC(=O)[C@H](CCCN(O)C(C)=O)NC1=O.[Fe]. The quantitative estimate of drug-likeness (QED) is 0.0350. The second-order valence-electron chi connectivity index (χ2n) is 10.5. The van der Waals surface area contributed by atoms with E-state index < -0.39 is 59.5 Å². The second-order valence-corrected chi connectivity index (χ2v) is 10.5. The number of nitrogens with one attached hydrogen (secondary N) is 3. The zero-order valence-electron chi connectivity index (χ0n) is 25.9. The molecule has 0 saturated carbocycles. The monoisotopic (exact) mass is 684 g/mol. The van der Waals surface area contributed by atoms with Crippen LogP contribution < -0.4 is 16.0 Å². The Morgan fingerprint density at radius 3 is 1.76 bits per heavy atom. The molecule has 6 N–H and O–H groups in total. The largest absolute Gasteiger partial charge is 0.464 e. The second kappa shape index (κ2) is 21.2. The zero-order chi connectivity index (χ0) is 33.4. The van der Waals surface area contributed by atoms with E-state index in [2.05, 4.69) is 16.0 Å². The van der Waals surface area contributed by atoms with Crippen molar-refractivity contribution in [1.29, 1.82) is 0 Å². The van der Waals surface area contributed by atoms with E-state index in [0.717, 1.165) is 6.08 Å². The van der Waals surface area contributed by atoms with Crippen LogP contribution in [0.15, 0.2) is 11.6 Å². The summed E-state index contributed by atoms with van der Waals surface area (Å²) in [6.45, 7) is 4.97. The summed E-state index contributed by atoms with van der Waals surface area (Å²) < 4.78 is 5.20. The third kappa shape index (κ3) is 16.4. The van der Waals surface area contributed by atoms with Gasteiger partial charge >= 0.3 is 5.97 Å². The van der Waals surface area contributed by atoms with Crippen LogP contribution in [0.25, 0.3) is 0 Å². The van der Waals surface area contributed by atoms with Crippen molar-refractivity contribution in [2.45, 2.75) is 90.8 Å². The number of esters is 1. The van der Waals surface area contributed by atoms with Gasteiger partial charge in [-0.25, -0.2) is 20.0 Å². The Bertz CT molecular complexity index is 1090. The maximum absolute atomic E-state index is 12.4. The molecule has 1 aliphatic rings. The van der Waals surface area contributed by atoms with Gasteiger partial charge < -0.3 is 20.7 Å². The van der Waals surface area contributed by atoms with Crippen LogP contribution in [0, 0.1) is 0 Å². The topological polar surface area (TPSA) is 235 Å². The van der Waals surface area contributed by atoms with E-state index in [4.69, 9.17) is 4.74 Å². The molecule has 18 heteroatoms. The molecular formula is C27H44FeN6O11. The number of hydrogen-bond donors (Lipinski definition) is 6. The van der Waals surface area contributed by atoms with E-state index in [1.807, 2.05) is 0 Å². The number of carbonyl (C=O) groups is 7. The Kier molecular flexibility index (Phi) is 19.5. The number of carbonyl (C=O) groups excluding carboxylic acids is 7. The van der Waals surface area contributed by atoms with Crippen molar-refractivity contribution < 1.29 is 71.0 Å². The smallest absolute Gasteiger partial charge is 0.328 e. The van der Waals surface area contributed by atoms with Gasteiger partial charge in [-0.15, -0.1) is 0 Å². The van der Waals surface area contributed by atoms with Gasteiger partial charge in [0.1, 0.15) is 18.1 Å². The van der Waals surface area contributed by atoms with Gasteiger partial charge in [0, 0.05) is 70.0 Å². The first-order chi connectivity index (χ1) is 20.6. The van der Waals surface area contributed by atoms with Crippen molar-refractivity contribution in [3.05, 3.63) is 11.6 Å². The van der Waals surface area contributed by atoms with Crippen LogP contribution in [-0.4, -0.2) is 117 Å². The van der Waals surface area contributed by atoms with Gasteiger partial charge in [0.2, 0.25) is 29.5 Å². The molecular weight excluding hydrogens is 640 g/mol. The van der Waals surface area contributed by atoms with E-state index >= 15 is 0 Å². The number of hydroxylamine groups is 6. The Balaban J connectivity index is 0.0000194. The molecule has 6 amide bonds. The van der Waals surface area contributed by atoms with Crippen molar-refractivity contribution in [3.63, 3.8) is 0 Å². The molecule has 0 aromatic rings. The number of piperazine rings is 1. The molecule has 1 heterocycles. The normalized spacial score (nSPS) is 16.7. The molecule has 0 bridgehead atoms. The van der Waals surface area contributed by atoms with E-state index in [1.54, 1.807) is 6.92 Å². The summed E-state index contributed by atoms with van der Waals surface area (Å²) in [6.07, 6.45) is 2.53. The molecule has 0 radical (unpaired) electrons. The van der Waals surface area contributed by atoms with Crippen LogP contribution in [0.2, 0.25) is 0 Å². The Morgan fingerprint density at radius 1 is 0.822 bits per heavy atom. The summed E-state index contributed by atoms with van der Waals surface area (Å²) in [5.74, 6) is -3.83. The first kappa shape index (κ1) is 41.4. The molecule has 0 aromatic heterocycles. The fourth-order valence-electron chi connectivity index (χ4n) is 4.11. The molecule has 0 aliphatic carbocycles. The first-order valence-corrected chi connectivity index (χ1v) is 14.3. The summed E-state index contributed by atoms with van der Waals surface area (Å²) >= 11 is 0. The molecule has 0 aromatic carbocycles. The number of amides is 6. The van der Waals surface area contributed by atoms with Gasteiger partial charge in [0.05, 0.1) is 6.61 Å². The first-order valence-electron chi connectivity index (χ1n) is 14.3. The molecule has 1 rings (SSSR count). The van der Waals surface area contributed by atoms with Gasteiger partial charge in [0.25, 0.3) is 5.91 Å². The molecule has 1 fully saturated rings. The summed E-state index contributed by atoms with van der Waals surface area (Å²) in [4.78, 5) is 83.0.